The molecular weight excluding hydrogens is 324 g/mol. The van der Waals surface area contributed by atoms with Crippen molar-refractivity contribution in [1.29, 1.82) is 0 Å². The van der Waals surface area contributed by atoms with E-state index in [9.17, 15) is 14.9 Å². The van der Waals surface area contributed by atoms with Gasteiger partial charge in [-0.15, -0.1) is 0 Å². The molecule has 2 N–H and O–H groups in total. The summed E-state index contributed by atoms with van der Waals surface area (Å²) >= 11 is 0. The second kappa shape index (κ2) is 7.00. The van der Waals surface area contributed by atoms with Gasteiger partial charge in [-0.05, 0) is 30.2 Å². The monoisotopic (exact) mass is 340 g/mol. The van der Waals surface area contributed by atoms with Crippen LogP contribution in [0.5, 0.6) is 5.75 Å². The molecule has 0 saturated carbocycles. The van der Waals surface area contributed by atoms with Crippen LogP contribution in [0.15, 0.2) is 42.5 Å². The van der Waals surface area contributed by atoms with Gasteiger partial charge in [0.15, 0.2) is 5.69 Å². The lowest BCUT2D eigenvalue weighted by Gasteiger charge is -2.05. The number of rotatable bonds is 6. The zero-order valence-electron chi connectivity index (χ0n) is 13.5. The Morgan fingerprint density at radius 3 is 2.72 bits per heavy atom. The lowest BCUT2D eigenvalue weighted by molar-refractivity contribution is -0.384. The number of carbonyl (C=O) groups excluding carboxylic acids is 1. The number of nitro groups is 1. The van der Waals surface area contributed by atoms with E-state index in [4.69, 9.17) is 4.74 Å². The second-order valence-corrected chi connectivity index (χ2v) is 5.41. The molecule has 2 aromatic carbocycles. The summed E-state index contributed by atoms with van der Waals surface area (Å²) in [4.78, 5) is 22.7. The van der Waals surface area contributed by atoms with Crippen LogP contribution in [-0.2, 0) is 6.42 Å². The fraction of sp³-hybridized carbons (Fsp3) is 0.176. The van der Waals surface area contributed by atoms with E-state index in [2.05, 4.69) is 15.5 Å². The van der Waals surface area contributed by atoms with Crippen molar-refractivity contribution >= 4 is 22.5 Å². The molecule has 8 heteroatoms. The highest BCUT2D eigenvalue weighted by atomic mass is 16.6. The van der Waals surface area contributed by atoms with Gasteiger partial charge < -0.3 is 10.1 Å². The first-order chi connectivity index (χ1) is 12.1. The first kappa shape index (κ1) is 16.4. The number of benzene rings is 2. The first-order valence-electron chi connectivity index (χ1n) is 7.62. The number of amides is 1. The van der Waals surface area contributed by atoms with Gasteiger partial charge in [0.25, 0.3) is 11.6 Å². The summed E-state index contributed by atoms with van der Waals surface area (Å²) in [6, 6.07) is 11.8. The minimum Gasteiger partial charge on any atom is -0.497 e. The molecule has 0 aliphatic carbocycles. The molecule has 0 aliphatic rings. The van der Waals surface area contributed by atoms with Gasteiger partial charge in [-0.3, -0.25) is 20.0 Å². The zero-order chi connectivity index (χ0) is 17.8. The highest BCUT2D eigenvalue weighted by Gasteiger charge is 2.16. The molecule has 0 aliphatic heterocycles. The SMILES string of the molecule is COc1ccc(CCNC(=O)c2n[nH]c3ccc([N+](=O)[O-])cc23)cc1. The number of aromatic amines is 1. The predicted molar refractivity (Wildman–Crippen MR) is 91.8 cm³/mol. The van der Waals surface area contributed by atoms with Gasteiger partial charge in [0, 0.05) is 24.1 Å². The second-order valence-electron chi connectivity index (χ2n) is 5.41. The van der Waals surface area contributed by atoms with Gasteiger partial charge in [-0.25, -0.2) is 0 Å². The number of non-ortho nitro benzene ring substituents is 1. The van der Waals surface area contributed by atoms with Crippen molar-refractivity contribution in [2.24, 2.45) is 0 Å². The minimum absolute atomic E-state index is 0.0822. The van der Waals surface area contributed by atoms with Crippen molar-refractivity contribution in [2.75, 3.05) is 13.7 Å². The minimum atomic E-state index is -0.502. The topological polar surface area (TPSA) is 110 Å². The number of ether oxygens (including phenoxy) is 1. The molecule has 0 bridgehead atoms. The Kier molecular flexibility index (Phi) is 4.60. The Morgan fingerprint density at radius 1 is 1.28 bits per heavy atom. The number of H-pyrrole nitrogens is 1. The molecule has 128 valence electrons. The van der Waals surface area contributed by atoms with Gasteiger partial charge >= 0.3 is 0 Å². The molecule has 0 saturated heterocycles. The molecule has 1 aromatic heterocycles. The van der Waals surface area contributed by atoms with E-state index in [1.165, 1.54) is 18.2 Å². The van der Waals surface area contributed by atoms with Gasteiger partial charge in [-0.1, -0.05) is 12.1 Å². The van der Waals surface area contributed by atoms with E-state index in [1.54, 1.807) is 7.11 Å². The summed E-state index contributed by atoms with van der Waals surface area (Å²) < 4.78 is 5.10. The fourth-order valence-electron chi connectivity index (χ4n) is 2.48. The molecule has 8 nitrogen and oxygen atoms in total. The summed E-state index contributed by atoms with van der Waals surface area (Å²) in [6.07, 6.45) is 0.651. The molecule has 0 unspecified atom stereocenters. The van der Waals surface area contributed by atoms with E-state index in [0.29, 0.717) is 23.9 Å². The van der Waals surface area contributed by atoms with Crippen molar-refractivity contribution in [2.45, 2.75) is 6.42 Å². The van der Waals surface area contributed by atoms with Crippen LogP contribution in [0, 0.1) is 10.1 Å². The van der Waals surface area contributed by atoms with Gasteiger partial charge in [0.1, 0.15) is 5.75 Å². The Hall–Kier alpha value is -3.42. The lowest BCUT2D eigenvalue weighted by Crippen LogP contribution is -2.26. The van der Waals surface area contributed by atoms with E-state index in [0.717, 1.165) is 11.3 Å². The lowest BCUT2D eigenvalue weighted by atomic mass is 10.1. The summed E-state index contributed by atoms with van der Waals surface area (Å²) in [5.41, 5.74) is 1.70. The van der Waals surface area contributed by atoms with Crippen LogP contribution in [0.4, 0.5) is 5.69 Å². The number of methoxy groups -OCH3 is 1. The van der Waals surface area contributed by atoms with Crippen LogP contribution in [0.25, 0.3) is 10.9 Å². The molecule has 3 rings (SSSR count). The molecule has 0 radical (unpaired) electrons. The van der Waals surface area contributed by atoms with Crippen molar-refractivity contribution < 1.29 is 14.5 Å². The summed E-state index contributed by atoms with van der Waals surface area (Å²) in [5, 5.41) is 20.8. The highest BCUT2D eigenvalue weighted by molar-refractivity contribution is 6.05. The normalized spacial score (nSPS) is 10.6. The van der Waals surface area contributed by atoms with Crippen LogP contribution in [-0.4, -0.2) is 34.7 Å². The first-order valence-corrected chi connectivity index (χ1v) is 7.62. The van der Waals surface area contributed by atoms with E-state index < -0.39 is 4.92 Å². The fourth-order valence-corrected chi connectivity index (χ4v) is 2.48. The quantitative estimate of drug-likeness (QED) is 0.529. The number of hydrogen-bond acceptors (Lipinski definition) is 5. The maximum atomic E-state index is 12.3. The van der Waals surface area contributed by atoms with E-state index in [1.807, 2.05) is 24.3 Å². The summed E-state index contributed by atoms with van der Waals surface area (Å²) in [7, 11) is 1.60. The summed E-state index contributed by atoms with van der Waals surface area (Å²) in [5.74, 6) is 0.401. The third-order valence-corrected chi connectivity index (χ3v) is 3.83. The van der Waals surface area contributed by atoms with Crippen LogP contribution in [0.1, 0.15) is 16.1 Å². The average Bonchev–Trinajstić information content (AvgIpc) is 3.05. The Labute approximate surface area is 143 Å². The highest BCUT2D eigenvalue weighted by Crippen LogP contribution is 2.22. The number of nitrogens with zero attached hydrogens (tertiary/aromatic N) is 2. The van der Waals surface area contributed by atoms with Crippen LogP contribution < -0.4 is 10.1 Å². The molecule has 0 spiro atoms. The molecule has 0 fully saturated rings. The van der Waals surface area contributed by atoms with Crippen molar-refractivity contribution in [3.8, 4) is 5.75 Å². The Bertz CT molecular complexity index is 918. The van der Waals surface area contributed by atoms with Crippen molar-refractivity contribution in [3.63, 3.8) is 0 Å². The number of nitro benzene ring substituents is 1. The Balaban J connectivity index is 1.67. The van der Waals surface area contributed by atoms with E-state index >= 15 is 0 Å². The number of carbonyl (C=O) groups is 1. The van der Waals surface area contributed by atoms with Crippen LogP contribution in [0.2, 0.25) is 0 Å². The van der Waals surface area contributed by atoms with E-state index in [-0.39, 0.29) is 17.3 Å². The maximum absolute atomic E-state index is 12.3. The largest absolute Gasteiger partial charge is 0.497 e. The molecule has 1 heterocycles. The van der Waals surface area contributed by atoms with Gasteiger partial charge in [-0.2, -0.15) is 5.10 Å². The van der Waals surface area contributed by atoms with Crippen molar-refractivity contribution in [1.82, 2.24) is 15.5 Å². The number of hydrogen-bond donors (Lipinski definition) is 2. The molecule has 3 aromatic rings. The molecule has 25 heavy (non-hydrogen) atoms. The third-order valence-electron chi connectivity index (χ3n) is 3.83. The number of nitrogens with one attached hydrogen (secondary N) is 2. The van der Waals surface area contributed by atoms with Crippen molar-refractivity contribution in [3.05, 3.63) is 63.8 Å². The molecular formula is C17H16N4O4. The number of aromatic nitrogens is 2. The smallest absolute Gasteiger partial charge is 0.272 e. The third kappa shape index (κ3) is 3.57. The van der Waals surface area contributed by atoms with Crippen LogP contribution in [0.3, 0.4) is 0 Å². The standard InChI is InChI=1S/C17H16N4O4/c1-25-13-5-2-11(3-6-13)8-9-18-17(22)16-14-10-12(21(23)24)4-7-15(14)19-20-16/h2-7,10H,8-9H2,1H3,(H,18,22)(H,19,20). The number of fused-ring (bicyclic) bond motifs is 1. The molecule has 1 amide bonds. The predicted octanol–water partition coefficient (Wildman–Crippen LogP) is 2.45. The molecule has 0 atom stereocenters. The average molecular weight is 340 g/mol. The zero-order valence-corrected chi connectivity index (χ0v) is 13.5. The van der Waals surface area contributed by atoms with Crippen LogP contribution >= 0.6 is 0 Å². The summed E-state index contributed by atoms with van der Waals surface area (Å²) in [6.45, 7) is 0.425. The maximum Gasteiger partial charge on any atom is 0.272 e. The van der Waals surface area contributed by atoms with Gasteiger partial charge in [0.05, 0.1) is 17.5 Å². The Morgan fingerprint density at radius 2 is 2.04 bits per heavy atom. The van der Waals surface area contributed by atoms with Gasteiger partial charge in [0.2, 0.25) is 0 Å².